The van der Waals surface area contributed by atoms with E-state index in [1.807, 2.05) is 85.1 Å². The van der Waals surface area contributed by atoms with Crippen molar-refractivity contribution < 1.29 is 14.3 Å². The number of benzene rings is 2. The Morgan fingerprint density at radius 1 is 0.812 bits per heavy atom. The second kappa shape index (κ2) is 9.30. The fourth-order valence-electron chi connectivity index (χ4n) is 4.00. The third-order valence-corrected chi connectivity index (χ3v) is 6.15. The van der Waals surface area contributed by atoms with E-state index < -0.39 is 0 Å². The number of amides is 2. The lowest BCUT2D eigenvalue weighted by atomic mass is 10.1. The highest BCUT2D eigenvalue weighted by atomic mass is 16.5. The Morgan fingerprint density at radius 2 is 1.41 bits per heavy atom. The molecule has 0 aliphatic carbocycles. The molecular weight excluding hydrogens is 402 g/mol. The molecule has 6 heteroatoms. The van der Waals surface area contributed by atoms with Crippen LogP contribution in [-0.4, -0.2) is 59.0 Å². The smallest absolute Gasteiger partial charge is 0.260 e. The molecule has 1 aromatic heterocycles. The molecule has 2 amide bonds. The van der Waals surface area contributed by atoms with Crippen LogP contribution < -0.4 is 4.74 Å². The van der Waals surface area contributed by atoms with Crippen molar-refractivity contribution in [2.75, 3.05) is 32.8 Å². The van der Waals surface area contributed by atoms with Gasteiger partial charge >= 0.3 is 0 Å². The van der Waals surface area contributed by atoms with Crippen LogP contribution in [0, 0.1) is 20.8 Å². The summed E-state index contributed by atoms with van der Waals surface area (Å²) in [6, 6.07) is 15.6. The van der Waals surface area contributed by atoms with Crippen LogP contribution in [0.15, 0.2) is 60.9 Å². The summed E-state index contributed by atoms with van der Waals surface area (Å²) < 4.78 is 7.88. The molecule has 0 saturated carbocycles. The first-order valence-corrected chi connectivity index (χ1v) is 10.9. The molecule has 1 fully saturated rings. The van der Waals surface area contributed by atoms with Gasteiger partial charge in [-0.15, -0.1) is 0 Å². The summed E-state index contributed by atoms with van der Waals surface area (Å²) in [6.45, 7) is 8.12. The molecule has 0 N–H and O–H groups in total. The average Bonchev–Trinajstić information content (AvgIpc) is 3.36. The maximum Gasteiger partial charge on any atom is 0.260 e. The number of piperazine rings is 1. The van der Waals surface area contributed by atoms with Crippen molar-refractivity contribution in [3.05, 3.63) is 83.2 Å². The number of hydrogen-bond donors (Lipinski definition) is 0. The highest BCUT2D eigenvalue weighted by molar-refractivity contribution is 5.94. The van der Waals surface area contributed by atoms with Crippen LogP contribution in [0.1, 0.15) is 27.0 Å². The van der Waals surface area contributed by atoms with Gasteiger partial charge in [0.15, 0.2) is 6.61 Å². The third-order valence-electron chi connectivity index (χ3n) is 6.15. The van der Waals surface area contributed by atoms with Crippen molar-refractivity contribution >= 4 is 11.8 Å². The minimum atomic E-state index is -0.0477. The van der Waals surface area contributed by atoms with Crippen molar-refractivity contribution in [2.24, 2.45) is 0 Å². The van der Waals surface area contributed by atoms with Crippen LogP contribution in [0.25, 0.3) is 5.69 Å². The largest absolute Gasteiger partial charge is 0.483 e. The van der Waals surface area contributed by atoms with Crippen molar-refractivity contribution in [3.63, 3.8) is 0 Å². The lowest BCUT2D eigenvalue weighted by Crippen LogP contribution is -2.51. The number of ether oxygens (including phenoxy) is 1. The monoisotopic (exact) mass is 431 g/mol. The zero-order chi connectivity index (χ0) is 22.7. The summed E-state index contributed by atoms with van der Waals surface area (Å²) in [7, 11) is 0. The first-order valence-electron chi connectivity index (χ1n) is 10.9. The SMILES string of the molecule is Cc1ccc(C)c(OCC(=O)N2CCN(C(=O)c3ccc(-n4cccc4)cc3)CC2)c1C. The topological polar surface area (TPSA) is 54.8 Å². The Bertz CT molecular complexity index is 1100. The number of hydrogen-bond acceptors (Lipinski definition) is 3. The number of carbonyl (C=O) groups is 2. The summed E-state index contributed by atoms with van der Waals surface area (Å²) in [6.07, 6.45) is 3.94. The summed E-state index contributed by atoms with van der Waals surface area (Å²) in [5.74, 6) is 0.738. The second-order valence-electron chi connectivity index (χ2n) is 8.25. The second-order valence-corrected chi connectivity index (χ2v) is 8.25. The van der Waals surface area contributed by atoms with Gasteiger partial charge in [0.1, 0.15) is 5.75 Å². The van der Waals surface area contributed by atoms with Crippen molar-refractivity contribution in [1.82, 2.24) is 14.4 Å². The average molecular weight is 432 g/mol. The molecule has 32 heavy (non-hydrogen) atoms. The van der Waals surface area contributed by atoms with Crippen LogP contribution in [0.3, 0.4) is 0 Å². The van der Waals surface area contributed by atoms with E-state index in [1.54, 1.807) is 4.90 Å². The predicted molar refractivity (Wildman–Crippen MR) is 124 cm³/mol. The summed E-state index contributed by atoms with van der Waals surface area (Å²) in [5, 5.41) is 0. The molecule has 1 aliphatic rings. The molecule has 3 aromatic rings. The molecule has 0 spiro atoms. The van der Waals surface area contributed by atoms with Gasteiger partial charge in [0.05, 0.1) is 0 Å². The normalized spacial score (nSPS) is 13.8. The van der Waals surface area contributed by atoms with E-state index in [4.69, 9.17) is 4.74 Å². The zero-order valence-electron chi connectivity index (χ0n) is 18.9. The van der Waals surface area contributed by atoms with Crippen LogP contribution in [-0.2, 0) is 4.79 Å². The van der Waals surface area contributed by atoms with E-state index in [0.29, 0.717) is 31.7 Å². The zero-order valence-corrected chi connectivity index (χ0v) is 18.9. The molecule has 2 aromatic carbocycles. The fourth-order valence-corrected chi connectivity index (χ4v) is 4.00. The Hall–Kier alpha value is -3.54. The van der Waals surface area contributed by atoms with Crippen LogP contribution in [0.2, 0.25) is 0 Å². The molecular formula is C26H29N3O3. The number of aromatic nitrogens is 1. The van der Waals surface area contributed by atoms with Gasteiger partial charge in [0.2, 0.25) is 0 Å². The molecule has 2 heterocycles. The summed E-state index contributed by atoms with van der Waals surface area (Å²) in [5.41, 5.74) is 4.91. The molecule has 0 radical (unpaired) electrons. The summed E-state index contributed by atoms with van der Waals surface area (Å²) in [4.78, 5) is 29.1. The molecule has 4 rings (SSSR count). The van der Waals surface area contributed by atoms with E-state index in [0.717, 1.165) is 28.1 Å². The minimum Gasteiger partial charge on any atom is -0.483 e. The molecule has 0 bridgehead atoms. The van der Waals surface area contributed by atoms with Gasteiger partial charge in [-0.25, -0.2) is 0 Å². The molecule has 166 valence electrons. The summed E-state index contributed by atoms with van der Waals surface area (Å²) >= 11 is 0. The fraction of sp³-hybridized carbons (Fsp3) is 0.308. The molecule has 0 unspecified atom stereocenters. The maximum absolute atomic E-state index is 12.9. The molecule has 1 saturated heterocycles. The number of carbonyl (C=O) groups excluding carboxylic acids is 2. The van der Waals surface area contributed by atoms with E-state index in [1.165, 1.54) is 0 Å². The minimum absolute atomic E-state index is 0.00147. The van der Waals surface area contributed by atoms with Crippen LogP contribution in [0.5, 0.6) is 5.75 Å². The number of aryl methyl sites for hydroxylation is 2. The molecule has 1 aliphatic heterocycles. The van der Waals surface area contributed by atoms with E-state index >= 15 is 0 Å². The van der Waals surface area contributed by atoms with Gasteiger partial charge in [0.25, 0.3) is 11.8 Å². The Kier molecular flexibility index (Phi) is 6.30. The predicted octanol–water partition coefficient (Wildman–Crippen LogP) is 3.77. The quantitative estimate of drug-likeness (QED) is 0.618. The first-order chi connectivity index (χ1) is 15.4. The van der Waals surface area contributed by atoms with Gasteiger partial charge in [0, 0.05) is 49.8 Å². The Balaban J connectivity index is 1.30. The molecule has 0 atom stereocenters. The van der Waals surface area contributed by atoms with Crippen LogP contribution in [0.4, 0.5) is 0 Å². The standard InChI is InChI=1S/C26H29N3O3/c1-19-6-7-20(2)25(21(19)3)32-18-24(30)28-14-16-29(17-15-28)26(31)22-8-10-23(11-9-22)27-12-4-5-13-27/h4-13H,14-18H2,1-3H3. The van der Waals surface area contributed by atoms with Crippen molar-refractivity contribution in [3.8, 4) is 11.4 Å². The van der Waals surface area contributed by atoms with E-state index in [2.05, 4.69) is 6.07 Å². The molecule has 6 nitrogen and oxygen atoms in total. The lowest BCUT2D eigenvalue weighted by Gasteiger charge is -2.34. The van der Waals surface area contributed by atoms with Gasteiger partial charge in [-0.1, -0.05) is 12.1 Å². The van der Waals surface area contributed by atoms with E-state index in [-0.39, 0.29) is 18.4 Å². The van der Waals surface area contributed by atoms with Crippen molar-refractivity contribution in [2.45, 2.75) is 20.8 Å². The third kappa shape index (κ3) is 4.54. The van der Waals surface area contributed by atoms with E-state index in [9.17, 15) is 9.59 Å². The van der Waals surface area contributed by atoms with Crippen molar-refractivity contribution in [1.29, 1.82) is 0 Å². The Morgan fingerprint density at radius 3 is 2.06 bits per heavy atom. The highest BCUT2D eigenvalue weighted by Gasteiger charge is 2.25. The van der Waals surface area contributed by atoms with Crippen LogP contribution >= 0.6 is 0 Å². The van der Waals surface area contributed by atoms with Gasteiger partial charge in [-0.05, 0) is 73.9 Å². The number of rotatable bonds is 5. The first kappa shape index (κ1) is 21.7. The van der Waals surface area contributed by atoms with Gasteiger partial charge < -0.3 is 19.1 Å². The lowest BCUT2D eigenvalue weighted by molar-refractivity contribution is -0.134. The maximum atomic E-state index is 12.9. The number of nitrogens with zero attached hydrogens (tertiary/aromatic N) is 3. The highest BCUT2D eigenvalue weighted by Crippen LogP contribution is 2.25. The Labute approximate surface area is 189 Å². The van der Waals surface area contributed by atoms with Gasteiger partial charge in [-0.2, -0.15) is 0 Å². The van der Waals surface area contributed by atoms with Gasteiger partial charge in [-0.3, -0.25) is 9.59 Å².